The largest absolute Gasteiger partial charge is 0.309 e. The van der Waals surface area contributed by atoms with Crippen LogP contribution in [0, 0.1) is 27.7 Å². The van der Waals surface area contributed by atoms with Crippen LogP contribution < -0.4 is 65.6 Å². The minimum absolute atomic E-state index is 0.00204. The van der Waals surface area contributed by atoms with E-state index in [1.807, 2.05) is 0 Å². The van der Waals surface area contributed by atoms with Crippen LogP contribution >= 0.6 is 0 Å². The van der Waals surface area contributed by atoms with Gasteiger partial charge in [0.2, 0.25) is 26.9 Å². The van der Waals surface area contributed by atoms with Crippen LogP contribution in [0.25, 0.3) is 77.2 Å². The maximum absolute atomic E-state index is 2.61. The lowest BCUT2D eigenvalue weighted by Gasteiger charge is -2.36. The monoisotopic (exact) mass is 1200 g/mol. The molecule has 2 aliphatic carbocycles. The van der Waals surface area contributed by atoms with Crippen molar-refractivity contribution in [3.63, 3.8) is 0 Å². The van der Waals surface area contributed by atoms with Crippen LogP contribution in [0.1, 0.15) is 44.5 Å². The molecule has 0 atom stereocenters. The van der Waals surface area contributed by atoms with Gasteiger partial charge in [0.05, 0.1) is 27.5 Å². The van der Waals surface area contributed by atoms with Gasteiger partial charge in [-0.1, -0.05) is 318 Å². The van der Waals surface area contributed by atoms with Crippen molar-refractivity contribution in [3.05, 3.63) is 348 Å². The molecule has 2 aliphatic heterocycles. The van der Waals surface area contributed by atoms with Crippen molar-refractivity contribution in [1.82, 2.24) is 9.13 Å². The van der Waals surface area contributed by atoms with E-state index in [0.29, 0.717) is 0 Å². The van der Waals surface area contributed by atoms with Gasteiger partial charge < -0.3 is 9.13 Å². The van der Waals surface area contributed by atoms with Gasteiger partial charge in [-0.25, -0.2) is 0 Å². The van der Waals surface area contributed by atoms with Gasteiger partial charge in [-0.05, 0) is 145 Å². The molecule has 2 aromatic heterocycles. The predicted molar refractivity (Wildman–Crippen MR) is 408 cm³/mol. The minimum Gasteiger partial charge on any atom is -0.309 e. The van der Waals surface area contributed by atoms with Crippen LogP contribution in [-0.2, 0) is 5.41 Å². The molecule has 16 aromatic rings. The number of hydrogen-bond acceptors (Lipinski definition) is 0. The molecule has 14 aromatic carbocycles. The summed E-state index contributed by atoms with van der Waals surface area (Å²) in [5, 5.41) is 5.11. The van der Waals surface area contributed by atoms with Crippen molar-refractivity contribution in [1.29, 1.82) is 0 Å². The molecule has 0 bridgehead atoms. The quantitative estimate of drug-likeness (QED) is 0.147. The summed E-state index contributed by atoms with van der Waals surface area (Å²) < 4.78 is 5.11. The van der Waals surface area contributed by atoms with Crippen LogP contribution in [-0.4, -0.2) is 36.0 Å². The van der Waals surface area contributed by atoms with Gasteiger partial charge in [-0.3, -0.25) is 0 Å². The highest BCUT2D eigenvalue weighted by molar-refractivity contribution is 7.12. The van der Waals surface area contributed by atoms with Crippen LogP contribution in [0.15, 0.2) is 303 Å². The second-order valence-electron chi connectivity index (χ2n) is 27.6. The molecule has 0 unspecified atom stereocenters. The van der Waals surface area contributed by atoms with Gasteiger partial charge in [-0.15, -0.1) is 0 Å². The fraction of sp³-hybridized carbons (Fsp3) is 0.0562. The summed E-state index contributed by atoms with van der Waals surface area (Å²) in [6, 6.07) is 118. The molecule has 2 nitrogen and oxygen atoms in total. The summed E-state index contributed by atoms with van der Waals surface area (Å²) in [4.78, 5) is 0. The van der Waals surface area contributed by atoms with E-state index in [4.69, 9.17) is 0 Å². The first kappa shape index (κ1) is 54.5. The highest BCUT2D eigenvalue weighted by atomic mass is 15.0. The Morgan fingerprint density at radius 3 is 0.853 bits per heavy atom. The van der Waals surface area contributed by atoms with E-state index in [9.17, 15) is 0 Å². The third kappa shape index (κ3) is 7.63. The van der Waals surface area contributed by atoms with Gasteiger partial charge in [-0.2, -0.15) is 0 Å². The minimum atomic E-state index is -0.762. The van der Waals surface area contributed by atoms with Crippen molar-refractivity contribution >= 4 is 136 Å². The average molecular weight is 1200 g/mol. The van der Waals surface area contributed by atoms with Gasteiger partial charge >= 0.3 is 0 Å². The summed E-state index contributed by atoms with van der Waals surface area (Å²) in [6.45, 7) is 8.76. The van der Waals surface area contributed by atoms with Crippen molar-refractivity contribution in [3.8, 4) is 33.6 Å². The van der Waals surface area contributed by atoms with E-state index < -0.39 is 5.41 Å². The molecule has 0 amide bonds. The van der Waals surface area contributed by atoms with Gasteiger partial charge in [0.25, 0.3) is 0 Å². The normalized spacial score (nSPS) is 13.7. The standard InChI is InChI=1S/C89H62B4N2/c1-55-33-45-81-65(49-55)66-50-56(2)34-46-82(66)94(81)63-37-39-71-69(53-63)85-73(41-43-79-87(85)92(61-25-13-7-14-26-61)77-31-19-17-29-75(77)90(79)59-21-9-5-10-22-59)89(71)72-40-38-64(95-83-47-35-57(3)51-67(83)68-52-58(4)36-48-84(68)95)54-70(72)86-74(89)42-44-80-88(86)93(62-27-15-8-16-28-62)78-32-20-18-30-76(78)91(80)60-23-11-6-12-24-60/h5-54H,1-4H3. The van der Waals surface area contributed by atoms with Crippen molar-refractivity contribution < 1.29 is 0 Å². The molecule has 20 rings (SSSR count). The Hall–Kier alpha value is -11.1. The highest BCUT2D eigenvalue weighted by Gasteiger charge is 2.56. The first-order chi connectivity index (χ1) is 46.8. The number of hydrogen-bond donors (Lipinski definition) is 0. The van der Waals surface area contributed by atoms with E-state index in [1.165, 1.54) is 176 Å². The molecule has 0 fully saturated rings. The Bertz CT molecular complexity index is 5440. The van der Waals surface area contributed by atoms with E-state index in [1.54, 1.807) is 0 Å². The molecule has 6 heteroatoms. The lowest BCUT2D eigenvalue weighted by molar-refractivity contribution is 0.794. The van der Waals surface area contributed by atoms with E-state index in [-0.39, 0.29) is 26.9 Å². The molecule has 440 valence electrons. The number of aromatic nitrogens is 2. The Morgan fingerprint density at radius 1 is 0.242 bits per heavy atom. The Balaban J connectivity index is 0.966. The van der Waals surface area contributed by atoms with Crippen molar-refractivity contribution in [2.45, 2.75) is 33.1 Å². The van der Waals surface area contributed by atoms with Crippen LogP contribution in [0.5, 0.6) is 0 Å². The third-order valence-electron chi connectivity index (χ3n) is 22.4. The summed E-state index contributed by atoms with van der Waals surface area (Å²) in [5.74, 6) is 0. The highest BCUT2D eigenvalue weighted by Crippen LogP contribution is 2.63. The summed E-state index contributed by atoms with van der Waals surface area (Å²) in [6.07, 6.45) is 0. The predicted octanol–water partition coefficient (Wildman–Crippen LogP) is 12.1. The van der Waals surface area contributed by atoms with Crippen LogP contribution in [0.4, 0.5) is 0 Å². The molecule has 0 radical (unpaired) electrons. The maximum Gasteiger partial charge on any atom is 0.240 e. The molecule has 1 spiro atoms. The molecule has 0 saturated heterocycles. The molecular weight excluding hydrogens is 1140 g/mol. The molecule has 0 saturated carbocycles. The first-order valence-corrected chi connectivity index (χ1v) is 33.9. The van der Waals surface area contributed by atoms with Gasteiger partial charge in [0.15, 0.2) is 0 Å². The maximum atomic E-state index is 2.61. The number of nitrogens with zero attached hydrogens (tertiary/aromatic N) is 2. The molecule has 95 heavy (non-hydrogen) atoms. The topological polar surface area (TPSA) is 9.86 Å². The Kier molecular flexibility index (Phi) is 11.7. The zero-order chi connectivity index (χ0) is 62.9. The number of benzene rings is 14. The molecule has 4 aliphatic rings. The summed E-state index contributed by atoms with van der Waals surface area (Å²) >= 11 is 0. The fourth-order valence-corrected chi connectivity index (χ4v) is 18.7. The van der Waals surface area contributed by atoms with Crippen LogP contribution in [0.3, 0.4) is 0 Å². The lowest BCUT2D eigenvalue weighted by Crippen LogP contribution is -2.75. The molecule has 4 heterocycles. The zero-order valence-corrected chi connectivity index (χ0v) is 53.6. The second kappa shape index (κ2) is 20.5. The number of fused-ring (bicyclic) bond motifs is 22. The van der Waals surface area contributed by atoms with Gasteiger partial charge in [0, 0.05) is 32.9 Å². The van der Waals surface area contributed by atoms with Crippen LogP contribution in [0.2, 0.25) is 0 Å². The first-order valence-electron chi connectivity index (χ1n) is 33.9. The Labute approximate surface area is 556 Å². The Morgan fingerprint density at radius 2 is 0.526 bits per heavy atom. The summed E-state index contributed by atoms with van der Waals surface area (Å²) in [7, 11) is 0. The van der Waals surface area contributed by atoms with E-state index >= 15 is 0 Å². The van der Waals surface area contributed by atoms with Crippen molar-refractivity contribution in [2.24, 2.45) is 0 Å². The third-order valence-corrected chi connectivity index (χ3v) is 22.4. The summed E-state index contributed by atoms with van der Waals surface area (Å²) in [5.41, 5.74) is 38.2. The molecule has 0 N–H and O–H groups in total. The smallest absolute Gasteiger partial charge is 0.240 e. The lowest BCUT2D eigenvalue weighted by atomic mass is 9.20. The second-order valence-corrected chi connectivity index (χ2v) is 27.6. The average Bonchev–Trinajstić information content (AvgIpc) is 1.49. The zero-order valence-electron chi connectivity index (χ0n) is 53.6. The van der Waals surface area contributed by atoms with E-state index in [0.717, 1.165) is 11.4 Å². The van der Waals surface area contributed by atoms with Crippen molar-refractivity contribution in [2.75, 3.05) is 0 Å². The fourth-order valence-electron chi connectivity index (χ4n) is 18.7. The number of aryl methyl sites for hydroxylation is 4. The SMILES string of the molecule is Cc1ccc2c(c1)c1cc(C)ccc1n2-c1ccc2c(c1)-c1c(ccc3c1B(c1ccccc1)c1ccccc1B3c1ccccc1)C21c2ccc(-n3c4ccc(C)cc4c4cc(C)ccc43)cc2-c2c1ccc1c2B(c2ccccc2)c2ccccc2B1c1ccccc1. The number of rotatable bonds is 6. The van der Waals surface area contributed by atoms with Gasteiger partial charge in [0.1, 0.15) is 0 Å². The van der Waals surface area contributed by atoms with E-state index in [2.05, 4.69) is 340 Å². The molecular formula is C89H62B4N2.